The van der Waals surface area contributed by atoms with Gasteiger partial charge in [-0.05, 0) is 51.8 Å². The lowest BCUT2D eigenvalue weighted by molar-refractivity contribution is -0.115. The Balaban J connectivity index is 1.63. The van der Waals surface area contributed by atoms with Crippen molar-refractivity contribution in [1.82, 2.24) is 24.7 Å². The van der Waals surface area contributed by atoms with E-state index in [9.17, 15) is 4.79 Å². The molecule has 0 fully saturated rings. The Morgan fingerprint density at radius 2 is 1.73 bits per heavy atom. The number of carbonyl (C=O) groups is 1. The summed E-state index contributed by atoms with van der Waals surface area (Å²) in [4.78, 5) is 21.6. The van der Waals surface area contributed by atoms with Gasteiger partial charge in [0.25, 0.3) is 0 Å². The van der Waals surface area contributed by atoms with Gasteiger partial charge >= 0.3 is 0 Å². The smallest absolute Gasteiger partial charge is 0.237 e. The molecule has 30 heavy (non-hydrogen) atoms. The van der Waals surface area contributed by atoms with Gasteiger partial charge in [0, 0.05) is 24.1 Å². The average molecular weight is 443 g/mol. The fourth-order valence-corrected chi connectivity index (χ4v) is 4.67. The monoisotopic (exact) mass is 442 g/mol. The van der Waals surface area contributed by atoms with Crippen molar-refractivity contribution >= 4 is 35.1 Å². The van der Waals surface area contributed by atoms with E-state index in [0.29, 0.717) is 10.9 Å². The first-order valence-corrected chi connectivity index (χ1v) is 11.5. The molecule has 0 bridgehead atoms. The summed E-state index contributed by atoms with van der Waals surface area (Å²) in [6.07, 6.45) is 0. The van der Waals surface area contributed by atoms with Gasteiger partial charge in [0.15, 0.2) is 10.3 Å². The zero-order valence-corrected chi connectivity index (χ0v) is 19.7. The van der Waals surface area contributed by atoms with Gasteiger partial charge in [0.1, 0.15) is 5.82 Å². The maximum atomic E-state index is 12.7. The van der Waals surface area contributed by atoms with Crippen LogP contribution in [0.2, 0.25) is 0 Å². The number of thioether (sulfide) groups is 2. The summed E-state index contributed by atoms with van der Waals surface area (Å²) in [5.74, 6) is 1.36. The Morgan fingerprint density at radius 3 is 2.37 bits per heavy atom. The number of carbonyl (C=O) groups excluding carboxylic acids is 1. The number of para-hydroxylation sites is 1. The topological polar surface area (TPSA) is 85.6 Å². The SMILES string of the molecule is Cc1cc(C)nc(SCc2nnc(S[C@H](C)C(=O)Nc3c(C)cccc3C)n2C)n1. The Bertz CT molecular complexity index is 1030. The van der Waals surface area contributed by atoms with Crippen LogP contribution in [0.15, 0.2) is 34.6 Å². The summed E-state index contributed by atoms with van der Waals surface area (Å²) in [6, 6.07) is 7.92. The summed E-state index contributed by atoms with van der Waals surface area (Å²) >= 11 is 2.92. The van der Waals surface area contributed by atoms with Gasteiger partial charge in [0.05, 0.1) is 11.0 Å². The quantitative estimate of drug-likeness (QED) is 0.432. The van der Waals surface area contributed by atoms with Crippen molar-refractivity contribution in [3.05, 3.63) is 52.6 Å². The zero-order valence-electron chi connectivity index (χ0n) is 18.1. The van der Waals surface area contributed by atoms with E-state index in [1.165, 1.54) is 23.5 Å². The average Bonchev–Trinajstić information content (AvgIpc) is 3.02. The number of benzene rings is 1. The van der Waals surface area contributed by atoms with Crippen molar-refractivity contribution in [2.75, 3.05) is 5.32 Å². The number of aryl methyl sites for hydroxylation is 4. The number of hydrogen-bond donors (Lipinski definition) is 1. The second-order valence-corrected chi connectivity index (χ2v) is 9.45. The van der Waals surface area contributed by atoms with Gasteiger partial charge in [-0.1, -0.05) is 41.7 Å². The predicted molar refractivity (Wildman–Crippen MR) is 122 cm³/mol. The molecule has 0 aliphatic rings. The van der Waals surface area contributed by atoms with E-state index in [1.54, 1.807) is 0 Å². The van der Waals surface area contributed by atoms with E-state index < -0.39 is 0 Å². The van der Waals surface area contributed by atoms with Crippen molar-refractivity contribution in [1.29, 1.82) is 0 Å². The van der Waals surface area contributed by atoms with Crippen LogP contribution in [0.3, 0.4) is 0 Å². The molecular formula is C21H26N6OS2. The van der Waals surface area contributed by atoms with Crippen LogP contribution in [0.25, 0.3) is 0 Å². The Labute approximate surface area is 185 Å². The first-order chi connectivity index (χ1) is 14.2. The summed E-state index contributed by atoms with van der Waals surface area (Å²) in [5.41, 5.74) is 4.86. The summed E-state index contributed by atoms with van der Waals surface area (Å²) in [5, 5.41) is 12.7. The molecule has 0 radical (unpaired) electrons. The molecule has 1 amide bonds. The van der Waals surface area contributed by atoms with Gasteiger partial charge < -0.3 is 9.88 Å². The van der Waals surface area contributed by atoms with Gasteiger partial charge in [-0.2, -0.15) is 0 Å². The molecule has 2 heterocycles. The zero-order chi connectivity index (χ0) is 21.8. The third-order valence-electron chi connectivity index (χ3n) is 4.60. The standard InChI is InChI=1S/C21H26N6OS2/c1-12-8-7-9-13(2)18(12)24-19(28)16(5)30-21-26-25-17(27(21)6)11-29-20-22-14(3)10-15(4)23-20/h7-10,16H,11H2,1-6H3,(H,24,28)/t16-/m1/s1. The summed E-state index contributed by atoms with van der Waals surface area (Å²) < 4.78 is 1.92. The molecule has 3 aromatic rings. The number of nitrogens with one attached hydrogen (secondary N) is 1. The highest BCUT2D eigenvalue weighted by molar-refractivity contribution is 8.00. The second-order valence-electron chi connectivity index (χ2n) is 7.20. The molecule has 0 aliphatic heterocycles. The molecule has 0 spiro atoms. The molecule has 3 rings (SSSR count). The number of amides is 1. The van der Waals surface area contributed by atoms with Crippen LogP contribution in [-0.4, -0.2) is 35.9 Å². The van der Waals surface area contributed by atoms with E-state index >= 15 is 0 Å². The van der Waals surface area contributed by atoms with Crippen molar-refractivity contribution in [3.8, 4) is 0 Å². The molecule has 0 aliphatic carbocycles. The molecule has 7 nitrogen and oxygen atoms in total. The molecule has 158 valence electrons. The second kappa shape index (κ2) is 9.61. The largest absolute Gasteiger partial charge is 0.325 e. The van der Waals surface area contributed by atoms with Crippen LogP contribution in [0.1, 0.15) is 35.3 Å². The number of rotatable bonds is 7. The normalized spacial score (nSPS) is 12.1. The Kier molecular flexibility index (Phi) is 7.14. The minimum absolute atomic E-state index is 0.0556. The van der Waals surface area contributed by atoms with Crippen molar-refractivity contribution in [2.24, 2.45) is 7.05 Å². The number of nitrogens with zero attached hydrogens (tertiary/aromatic N) is 5. The van der Waals surface area contributed by atoms with Gasteiger partial charge in [-0.15, -0.1) is 10.2 Å². The first-order valence-electron chi connectivity index (χ1n) is 9.61. The van der Waals surface area contributed by atoms with Gasteiger partial charge in [-0.3, -0.25) is 4.79 Å². The minimum atomic E-state index is -0.310. The van der Waals surface area contributed by atoms with E-state index in [2.05, 4.69) is 25.5 Å². The Hall–Kier alpha value is -2.39. The molecule has 1 atom stereocenters. The summed E-state index contributed by atoms with van der Waals surface area (Å²) in [7, 11) is 1.91. The Morgan fingerprint density at radius 1 is 1.10 bits per heavy atom. The molecule has 9 heteroatoms. The van der Waals surface area contributed by atoms with Crippen LogP contribution in [0, 0.1) is 27.7 Å². The lowest BCUT2D eigenvalue weighted by Gasteiger charge is -2.15. The molecular weight excluding hydrogens is 416 g/mol. The van der Waals surface area contributed by atoms with E-state index in [0.717, 1.165) is 39.2 Å². The van der Waals surface area contributed by atoms with Gasteiger partial charge in [-0.25, -0.2) is 9.97 Å². The van der Waals surface area contributed by atoms with Gasteiger partial charge in [0.2, 0.25) is 5.91 Å². The lowest BCUT2D eigenvalue weighted by atomic mass is 10.1. The molecule has 1 N–H and O–H groups in total. The van der Waals surface area contributed by atoms with Crippen molar-refractivity contribution in [3.63, 3.8) is 0 Å². The fourth-order valence-electron chi connectivity index (χ4n) is 2.91. The van der Waals surface area contributed by atoms with Crippen LogP contribution in [-0.2, 0) is 17.6 Å². The highest BCUT2D eigenvalue weighted by Crippen LogP contribution is 2.26. The third kappa shape index (κ3) is 5.40. The lowest BCUT2D eigenvalue weighted by Crippen LogP contribution is -2.23. The van der Waals surface area contributed by atoms with Crippen LogP contribution >= 0.6 is 23.5 Å². The summed E-state index contributed by atoms with van der Waals surface area (Å²) in [6.45, 7) is 9.78. The highest BCUT2D eigenvalue weighted by Gasteiger charge is 2.20. The van der Waals surface area contributed by atoms with E-state index in [-0.39, 0.29) is 11.2 Å². The van der Waals surface area contributed by atoms with Crippen LogP contribution in [0.5, 0.6) is 0 Å². The van der Waals surface area contributed by atoms with E-state index in [4.69, 9.17) is 0 Å². The molecule has 2 aromatic heterocycles. The van der Waals surface area contributed by atoms with Crippen LogP contribution < -0.4 is 5.32 Å². The van der Waals surface area contributed by atoms with Crippen molar-refractivity contribution < 1.29 is 4.79 Å². The molecule has 0 saturated heterocycles. The first kappa shape index (κ1) is 22.3. The van der Waals surface area contributed by atoms with Crippen LogP contribution in [0.4, 0.5) is 5.69 Å². The predicted octanol–water partition coefficient (Wildman–Crippen LogP) is 4.25. The minimum Gasteiger partial charge on any atom is -0.325 e. The maximum absolute atomic E-state index is 12.7. The number of aromatic nitrogens is 5. The molecule has 0 saturated carbocycles. The highest BCUT2D eigenvalue weighted by atomic mass is 32.2. The van der Waals surface area contributed by atoms with Crippen molar-refractivity contribution in [2.45, 2.75) is 55.9 Å². The number of anilines is 1. The van der Waals surface area contributed by atoms with E-state index in [1.807, 2.05) is 70.5 Å². The third-order valence-corrected chi connectivity index (χ3v) is 6.58. The number of hydrogen-bond acceptors (Lipinski definition) is 7. The molecule has 0 unspecified atom stereocenters. The molecule has 1 aromatic carbocycles. The maximum Gasteiger partial charge on any atom is 0.237 e. The fraction of sp³-hybridized carbons (Fsp3) is 0.381.